The molecule has 1 heterocycles. The van der Waals surface area contributed by atoms with Gasteiger partial charge in [0.25, 0.3) is 0 Å². The summed E-state index contributed by atoms with van der Waals surface area (Å²) in [5, 5.41) is 9.62. The molecule has 3 nitrogen and oxygen atoms in total. The Hall–Kier alpha value is -1.49. The van der Waals surface area contributed by atoms with Gasteiger partial charge in [-0.05, 0) is 49.9 Å². The van der Waals surface area contributed by atoms with E-state index in [2.05, 4.69) is 0 Å². The quantitative estimate of drug-likeness (QED) is 0.927. The zero-order chi connectivity index (χ0) is 15.4. The lowest BCUT2D eigenvalue weighted by molar-refractivity contribution is -0.133. The number of benzene rings is 1. The Morgan fingerprint density at radius 2 is 2.24 bits per heavy atom. The molecule has 0 aliphatic carbocycles. The van der Waals surface area contributed by atoms with Crippen LogP contribution in [0.4, 0.5) is 8.78 Å². The molecule has 1 aliphatic heterocycles. The summed E-state index contributed by atoms with van der Waals surface area (Å²) in [6.07, 6.45) is 1.71. The number of carbonyl (C=O) groups excluding carboxylic acids is 1. The van der Waals surface area contributed by atoms with E-state index in [1.165, 1.54) is 0 Å². The molecule has 2 unspecified atom stereocenters. The first-order valence-corrected chi connectivity index (χ1v) is 7.37. The van der Waals surface area contributed by atoms with Gasteiger partial charge in [-0.15, -0.1) is 0 Å². The third-order valence-electron chi connectivity index (χ3n) is 4.11. The van der Waals surface area contributed by atoms with E-state index in [0.717, 1.165) is 31.0 Å². The van der Waals surface area contributed by atoms with Crippen molar-refractivity contribution in [2.75, 3.05) is 13.1 Å². The van der Waals surface area contributed by atoms with Gasteiger partial charge in [0.1, 0.15) is 11.6 Å². The van der Waals surface area contributed by atoms with Crippen LogP contribution in [0, 0.1) is 17.6 Å². The summed E-state index contributed by atoms with van der Waals surface area (Å²) in [5.74, 6) is -0.937. The third-order valence-corrected chi connectivity index (χ3v) is 4.11. The Labute approximate surface area is 123 Å². The van der Waals surface area contributed by atoms with Crippen LogP contribution in [0.2, 0.25) is 0 Å². The first-order valence-electron chi connectivity index (χ1n) is 7.37. The minimum Gasteiger partial charge on any atom is -0.393 e. The van der Waals surface area contributed by atoms with Crippen LogP contribution in [0.3, 0.4) is 0 Å². The Kier molecular flexibility index (Phi) is 5.28. The maximum atomic E-state index is 13.5. The van der Waals surface area contributed by atoms with Gasteiger partial charge in [-0.25, -0.2) is 8.78 Å². The summed E-state index contributed by atoms with van der Waals surface area (Å²) in [6.45, 7) is 2.95. The summed E-state index contributed by atoms with van der Waals surface area (Å²) < 4.78 is 26.6. The Morgan fingerprint density at radius 3 is 2.95 bits per heavy atom. The van der Waals surface area contributed by atoms with E-state index in [1.807, 2.05) is 0 Å². The maximum absolute atomic E-state index is 13.5. The maximum Gasteiger partial charge on any atom is 0.222 e. The van der Waals surface area contributed by atoms with Gasteiger partial charge >= 0.3 is 0 Å². The average Bonchev–Trinajstić information content (AvgIpc) is 2.48. The highest BCUT2D eigenvalue weighted by Gasteiger charge is 2.26. The number of hydrogen-bond donors (Lipinski definition) is 1. The van der Waals surface area contributed by atoms with Crippen LogP contribution in [0.5, 0.6) is 0 Å². The highest BCUT2D eigenvalue weighted by Crippen LogP contribution is 2.21. The number of likely N-dealkylation sites (tertiary alicyclic amines) is 1. The fourth-order valence-corrected chi connectivity index (χ4v) is 2.76. The van der Waals surface area contributed by atoms with Crippen LogP contribution in [0.25, 0.3) is 0 Å². The van der Waals surface area contributed by atoms with Gasteiger partial charge in [-0.2, -0.15) is 0 Å². The van der Waals surface area contributed by atoms with Crippen LogP contribution in [0.15, 0.2) is 18.2 Å². The number of carbonyl (C=O) groups is 1. The average molecular weight is 297 g/mol. The summed E-state index contributed by atoms with van der Waals surface area (Å²) in [4.78, 5) is 13.9. The van der Waals surface area contributed by atoms with Crippen molar-refractivity contribution in [2.45, 2.75) is 38.7 Å². The van der Waals surface area contributed by atoms with Crippen molar-refractivity contribution < 1.29 is 18.7 Å². The molecular weight excluding hydrogens is 276 g/mol. The zero-order valence-corrected chi connectivity index (χ0v) is 12.2. The molecule has 0 bridgehead atoms. The van der Waals surface area contributed by atoms with Crippen LogP contribution in [-0.4, -0.2) is 35.1 Å². The second-order valence-electron chi connectivity index (χ2n) is 5.72. The number of halogens is 2. The Bertz CT molecular complexity index is 505. The largest absolute Gasteiger partial charge is 0.393 e. The van der Waals surface area contributed by atoms with Crippen molar-refractivity contribution >= 4 is 5.91 Å². The number of piperidine rings is 1. The molecule has 21 heavy (non-hydrogen) atoms. The number of amides is 1. The standard InChI is InChI=1S/C16H21F2NO2/c1-11(20)13-3-2-8-19(10-13)16(21)7-4-12-9-14(17)5-6-15(12)18/h5-6,9,11,13,20H,2-4,7-8,10H2,1H3. The lowest BCUT2D eigenvalue weighted by Gasteiger charge is -2.34. The molecule has 1 saturated heterocycles. The molecule has 5 heteroatoms. The number of aliphatic hydroxyl groups is 1. The molecule has 1 fully saturated rings. The summed E-state index contributed by atoms with van der Waals surface area (Å²) in [6, 6.07) is 3.29. The number of hydrogen-bond acceptors (Lipinski definition) is 2. The van der Waals surface area contributed by atoms with Crippen molar-refractivity contribution in [3.05, 3.63) is 35.4 Å². The van der Waals surface area contributed by atoms with E-state index in [1.54, 1.807) is 11.8 Å². The van der Waals surface area contributed by atoms with E-state index in [4.69, 9.17) is 0 Å². The van der Waals surface area contributed by atoms with Gasteiger partial charge in [-0.1, -0.05) is 0 Å². The monoisotopic (exact) mass is 297 g/mol. The lowest BCUT2D eigenvalue weighted by Crippen LogP contribution is -2.43. The molecule has 1 aromatic rings. The van der Waals surface area contributed by atoms with E-state index in [-0.39, 0.29) is 30.2 Å². The molecule has 0 radical (unpaired) electrons. The second kappa shape index (κ2) is 6.98. The van der Waals surface area contributed by atoms with Crippen LogP contribution >= 0.6 is 0 Å². The number of aryl methyl sites for hydroxylation is 1. The second-order valence-corrected chi connectivity index (χ2v) is 5.72. The van der Waals surface area contributed by atoms with Gasteiger partial charge in [0.05, 0.1) is 6.10 Å². The zero-order valence-electron chi connectivity index (χ0n) is 12.2. The van der Waals surface area contributed by atoms with E-state index >= 15 is 0 Å². The molecular formula is C16H21F2NO2. The van der Waals surface area contributed by atoms with Gasteiger partial charge in [0.15, 0.2) is 0 Å². The van der Waals surface area contributed by atoms with Crippen LogP contribution in [0.1, 0.15) is 31.7 Å². The summed E-state index contributed by atoms with van der Waals surface area (Å²) >= 11 is 0. The van der Waals surface area contributed by atoms with Crippen molar-refractivity contribution in [2.24, 2.45) is 5.92 Å². The molecule has 2 atom stereocenters. The fraction of sp³-hybridized carbons (Fsp3) is 0.562. The molecule has 1 aliphatic rings. The topological polar surface area (TPSA) is 40.5 Å². The van der Waals surface area contributed by atoms with E-state index in [0.29, 0.717) is 13.1 Å². The number of aliphatic hydroxyl groups excluding tert-OH is 1. The summed E-state index contributed by atoms with van der Waals surface area (Å²) in [7, 11) is 0. The van der Waals surface area contributed by atoms with Gasteiger partial charge < -0.3 is 10.0 Å². The molecule has 0 saturated carbocycles. The molecule has 0 spiro atoms. The number of nitrogens with zero attached hydrogens (tertiary/aromatic N) is 1. The first-order chi connectivity index (χ1) is 9.97. The SMILES string of the molecule is CC(O)C1CCCN(C(=O)CCc2cc(F)ccc2F)C1. The summed E-state index contributed by atoms with van der Waals surface area (Å²) in [5.41, 5.74) is 0.229. The van der Waals surface area contributed by atoms with Crippen molar-refractivity contribution in [1.29, 1.82) is 0 Å². The van der Waals surface area contributed by atoms with Crippen LogP contribution < -0.4 is 0 Å². The van der Waals surface area contributed by atoms with Gasteiger partial charge in [-0.3, -0.25) is 4.79 Å². The van der Waals surface area contributed by atoms with Crippen molar-refractivity contribution in [3.63, 3.8) is 0 Å². The highest BCUT2D eigenvalue weighted by molar-refractivity contribution is 5.76. The van der Waals surface area contributed by atoms with Gasteiger partial charge in [0.2, 0.25) is 5.91 Å². The smallest absolute Gasteiger partial charge is 0.222 e. The van der Waals surface area contributed by atoms with E-state index < -0.39 is 17.7 Å². The molecule has 1 amide bonds. The first kappa shape index (κ1) is 15.9. The van der Waals surface area contributed by atoms with Crippen molar-refractivity contribution in [1.82, 2.24) is 4.90 Å². The molecule has 1 N–H and O–H groups in total. The minimum atomic E-state index is -0.494. The normalized spacial score (nSPS) is 20.4. The fourth-order valence-electron chi connectivity index (χ4n) is 2.76. The predicted molar refractivity (Wildman–Crippen MR) is 75.7 cm³/mol. The van der Waals surface area contributed by atoms with Crippen molar-refractivity contribution in [3.8, 4) is 0 Å². The molecule has 1 aromatic carbocycles. The Balaban J connectivity index is 1.91. The van der Waals surface area contributed by atoms with E-state index in [9.17, 15) is 18.7 Å². The predicted octanol–water partition coefficient (Wildman–Crippen LogP) is 2.52. The highest BCUT2D eigenvalue weighted by atomic mass is 19.1. The lowest BCUT2D eigenvalue weighted by atomic mass is 9.93. The molecule has 116 valence electrons. The van der Waals surface area contributed by atoms with Crippen LogP contribution in [-0.2, 0) is 11.2 Å². The minimum absolute atomic E-state index is 0.0657. The van der Waals surface area contributed by atoms with Gasteiger partial charge in [0, 0.05) is 25.4 Å². The Morgan fingerprint density at radius 1 is 1.48 bits per heavy atom. The molecule has 0 aromatic heterocycles. The third kappa shape index (κ3) is 4.24. The number of rotatable bonds is 4. The molecule has 2 rings (SSSR count).